The van der Waals surface area contributed by atoms with E-state index < -0.39 is 27.6 Å². The predicted molar refractivity (Wildman–Crippen MR) is 48.6 cm³/mol. The van der Waals surface area contributed by atoms with E-state index in [1.807, 2.05) is 0 Å². The zero-order valence-corrected chi connectivity index (χ0v) is 8.04. The van der Waals surface area contributed by atoms with E-state index in [1.165, 1.54) is 0 Å². The third-order valence-electron chi connectivity index (χ3n) is 1.72. The summed E-state index contributed by atoms with van der Waals surface area (Å²) in [6.45, 7) is -0.667. The second kappa shape index (κ2) is 4.04. The highest BCUT2D eigenvalue weighted by Crippen LogP contribution is 2.13. The number of benzene rings is 1. The Labute approximate surface area is 81.1 Å². The second-order valence-electron chi connectivity index (χ2n) is 2.72. The first-order valence-electron chi connectivity index (χ1n) is 3.84. The van der Waals surface area contributed by atoms with Crippen molar-refractivity contribution in [2.75, 3.05) is 6.61 Å². The van der Waals surface area contributed by atoms with Crippen LogP contribution in [0.3, 0.4) is 0 Å². The molecule has 0 spiro atoms. The molecule has 1 unspecified atom stereocenters. The highest BCUT2D eigenvalue weighted by molar-refractivity contribution is 7.92. The van der Waals surface area contributed by atoms with Crippen molar-refractivity contribution < 1.29 is 17.9 Å². The molecule has 14 heavy (non-hydrogen) atoms. The van der Waals surface area contributed by atoms with Crippen molar-refractivity contribution in [2.24, 2.45) is 5.73 Å². The number of aliphatic hydroxyl groups is 1. The average molecular weight is 219 g/mol. The molecule has 0 heterocycles. The van der Waals surface area contributed by atoms with Crippen LogP contribution in [0.25, 0.3) is 0 Å². The first kappa shape index (κ1) is 11.1. The van der Waals surface area contributed by atoms with Gasteiger partial charge in [-0.15, -0.1) is 0 Å². The quantitative estimate of drug-likeness (QED) is 0.694. The highest BCUT2D eigenvalue weighted by atomic mass is 32.2. The molecule has 0 fully saturated rings. The van der Waals surface area contributed by atoms with E-state index >= 15 is 0 Å². The standard InChI is InChI=1S/C8H10FNO3S/c9-6-1-3-7(4-2-6)14(12,13)8(10)5-11/h1-4,8,11H,5,10H2. The van der Waals surface area contributed by atoms with Crippen molar-refractivity contribution in [1.82, 2.24) is 0 Å². The summed E-state index contributed by atoms with van der Waals surface area (Å²) in [6.07, 6.45) is 0. The van der Waals surface area contributed by atoms with Crippen LogP contribution in [0.5, 0.6) is 0 Å². The van der Waals surface area contributed by atoms with Gasteiger partial charge in [-0.3, -0.25) is 0 Å². The van der Waals surface area contributed by atoms with Crippen LogP contribution in [-0.4, -0.2) is 25.5 Å². The predicted octanol–water partition coefficient (Wildman–Crippen LogP) is -0.124. The molecule has 0 radical (unpaired) electrons. The van der Waals surface area contributed by atoms with Gasteiger partial charge in [0.15, 0.2) is 9.84 Å². The maximum Gasteiger partial charge on any atom is 0.196 e. The summed E-state index contributed by atoms with van der Waals surface area (Å²) in [6, 6.07) is 4.27. The smallest absolute Gasteiger partial charge is 0.196 e. The third kappa shape index (κ3) is 2.09. The lowest BCUT2D eigenvalue weighted by Gasteiger charge is -2.09. The second-order valence-corrected chi connectivity index (χ2v) is 4.89. The van der Waals surface area contributed by atoms with Gasteiger partial charge in [0.25, 0.3) is 0 Å². The number of rotatable bonds is 3. The van der Waals surface area contributed by atoms with Gasteiger partial charge < -0.3 is 10.8 Å². The van der Waals surface area contributed by atoms with E-state index in [0.29, 0.717) is 0 Å². The van der Waals surface area contributed by atoms with Gasteiger partial charge in [0.05, 0.1) is 11.5 Å². The van der Waals surface area contributed by atoms with Crippen LogP contribution in [-0.2, 0) is 9.84 Å². The Balaban J connectivity index is 3.11. The van der Waals surface area contributed by atoms with Crippen molar-refractivity contribution in [3.63, 3.8) is 0 Å². The molecule has 0 saturated carbocycles. The molecule has 78 valence electrons. The summed E-state index contributed by atoms with van der Waals surface area (Å²) in [5.74, 6) is -0.526. The summed E-state index contributed by atoms with van der Waals surface area (Å²) >= 11 is 0. The molecule has 6 heteroatoms. The Kier molecular flexibility index (Phi) is 3.20. The molecule has 0 aromatic heterocycles. The molecule has 1 aromatic carbocycles. The lowest BCUT2D eigenvalue weighted by Crippen LogP contribution is -2.34. The third-order valence-corrected chi connectivity index (χ3v) is 3.60. The normalized spacial score (nSPS) is 13.9. The largest absolute Gasteiger partial charge is 0.394 e. The number of aliphatic hydroxyl groups excluding tert-OH is 1. The molecule has 1 aromatic rings. The Morgan fingerprint density at radius 3 is 2.29 bits per heavy atom. The fraction of sp³-hybridized carbons (Fsp3) is 0.250. The first-order valence-corrected chi connectivity index (χ1v) is 5.39. The van der Waals surface area contributed by atoms with Crippen LogP contribution in [0.15, 0.2) is 29.2 Å². The molecule has 0 aliphatic rings. The molecule has 1 rings (SSSR count). The molecule has 0 saturated heterocycles. The van der Waals surface area contributed by atoms with Gasteiger partial charge in [-0.2, -0.15) is 0 Å². The minimum atomic E-state index is -3.74. The van der Waals surface area contributed by atoms with Crippen LogP contribution in [0.2, 0.25) is 0 Å². The Hall–Kier alpha value is -0.980. The molecule has 0 aliphatic heterocycles. The van der Waals surface area contributed by atoms with Crippen molar-refractivity contribution in [3.05, 3.63) is 30.1 Å². The first-order chi connectivity index (χ1) is 6.48. The lowest BCUT2D eigenvalue weighted by atomic mass is 10.4. The van der Waals surface area contributed by atoms with Gasteiger partial charge in [-0.1, -0.05) is 0 Å². The van der Waals surface area contributed by atoms with Gasteiger partial charge in [0, 0.05) is 0 Å². The summed E-state index contributed by atoms with van der Waals surface area (Å²) in [5.41, 5.74) is 5.19. The summed E-state index contributed by atoms with van der Waals surface area (Å²) < 4.78 is 35.4. The van der Waals surface area contributed by atoms with E-state index in [2.05, 4.69) is 0 Å². The van der Waals surface area contributed by atoms with E-state index in [-0.39, 0.29) is 4.90 Å². The van der Waals surface area contributed by atoms with Gasteiger partial charge in [0.2, 0.25) is 0 Å². The van der Waals surface area contributed by atoms with Crippen molar-refractivity contribution in [3.8, 4) is 0 Å². The molecular formula is C8H10FNO3S. The number of halogens is 1. The van der Waals surface area contributed by atoms with E-state index in [9.17, 15) is 12.8 Å². The van der Waals surface area contributed by atoms with Crippen LogP contribution < -0.4 is 5.73 Å². The fourth-order valence-electron chi connectivity index (χ4n) is 0.897. The van der Waals surface area contributed by atoms with Gasteiger partial charge in [-0.05, 0) is 24.3 Å². The van der Waals surface area contributed by atoms with E-state index in [4.69, 9.17) is 10.8 Å². The van der Waals surface area contributed by atoms with E-state index in [0.717, 1.165) is 24.3 Å². The van der Waals surface area contributed by atoms with Crippen molar-refractivity contribution in [1.29, 1.82) is 0 Å². The summed E-state index contributed by atoms with van der Waals surface area (Å²) in [4.78, 5) is -0.0968. The minimum Gasteiger partial charge on any atom is -0.394 e. The Bertz CT molecular complexity index is 401. The van der Waals surface area contributed by atoms with Crippen LogP contribution in [0.4, 0.5) is 4.39 Å². The number of hydrogen-bond acceptors (Lipinski definition) is 4. The number of sulfone groups is 1. The zero-order valence-electron chi connectivity index (χ0n) is 7.22. The van der Waals surface area contributed by atoms with Crippen molar-refractivity contribution in [2.45, 2.75) is 10.3 Å². The maximum absolute atomic E-state index is 12.5. The molecule has 0 bridgehead atoms. The molecule has 3 N–H and O–H groups in total. The van der Waals surface area contributed by atoms with Gasteiger partial charge in [-0.25, -0.2) is 12.8 Å². The van der Waals surface area contributed by atoms with Crippen LogP contribution in [0.1, 0.15) is 0 Å². The Morgan fingerprint density at radius 2 is 1.86 bits per heavy atom. The maximum atomic E-state index is 12.5. The van der Waals surface area contributed by atoms with E-state index in [1.54, 1.807) is 0 Å². The molecule has 0 aliphatic carbocycles. The number of hydrogen-bond donors (Lipinski definition) is 2. The van der Waals surface area contributed by atoms with Crippen molar-refractivity contribution >= 4 is 9.84 Å². The topological polar surface area (TPSA) is 80.4 Å². The molecule has 1 atom stereocenters. The highest BCUT2D eigenvalue weighted by Gasteiger charge is 2.22. The average Bonchev–Trinajstić information content (AvgIpc) is 2.17. The molecule has 0 amide bonds. The zero-order chi connectivity index (χ0) is 10.8. The van der Waals surface area contributed by atoms with Crippen LogP contribution >= 0.6 is 0 Å². The molecular weight excluding hydrogens is 209 g/mol. The summed E-state index contributed by atoms with van der Waals surface area (Å²) in [5, 5.41) is 7.24. The minimum absolute atomic E-state index is 0.0968. The lowest BCUT2D eigenvalue weighted by molar-refractivity contribution is 0.292. The fourth-order valence-corrected chi connectivity index (χ4v) is 1.96. The SMILES string of the molecule is NC(CO)S(=O)(=O)c1ccc(F)cc1. The van der Waals surface area contributed by atoms with Crippen LogP contribution in [0, 0.1) is 5.82 Å². The molecule has 4 nitrogen and oxygen atoms in total. The summed E-state index contributed by atoms with van der Waals surface area (Å²) in [7, 11) is -3.74. The van der Waals surface area contributed by atoms with Gasteiger partial charge >= 0.3 is 0 Å². The van der Waals surface area contributed by atoms with Gasteiger partial charge in [0.1, 0.15) is 11.2 Å². The number of nitrogens with two attached hydrogens (primary N) is 1. The Morgan fingerprint density at radius 1 is 1.36 bits per heavy atom. The monoisotopic (exact) mass is 219 g/mol.